The molecule has 1 aliphatic carbocycles. The first-order valence-corrected chi connectivity index (χ1v) is 8.75. The van der Waals surface area contributed by atoms with E-state index in [0.717, 1.165) is 32.6 Å². The third-order valence-corrected chi connectivity index (χ3v) is 5.63. The van der Waals surface area contributed by atoms with Gasteiger partial charge in [0.05, 0.1) is 5.92 Å². The molecule has 4 nitrogen and oxygen atoms in total. The maximum Gasteiger partial charge on any atom is 0.391 e. The Balaban J connectivity index is 0.00000208. The van der Waals surface area contributed by atoms with Gasteiger partial charge >= 0.3 is 6.18 Å². The summed E-state index contributed by atoms with van der Waals surface area (Å²) in [7, 11) is 0. The average molecular weight is 370 g/mol. The molecular formula is C16H27ClF3N3O. The van der Waals surface area contributed by atoms with Gasteiger partial charge in [-0.3, -0.25) is 9.69 Å². The van der Waals surface area contributed by atoms with Crippen LogP contribution in [0.2, 0.25) is 0 Å². The zero-order valence-electron chi connectivity index (χ0n) is 13.9. The Morgan fingerprint density at radius 1 is 1.04 bits per heavy atom. The molecule has 0 bridgehead atoms. The highest BCUT2D eigenvalue weighted by molar-refractivity contribution is 5.85. The van der Waals surface area contributed by atoms with Crippen LogP contribution in [0.15, 0.2) is 0 Å². The lowest BCUT2D eigenvalue weighted by Gasteiger charge is -2.34. The molecule has 3 rings (SSSR count). The summed E-state index contributed by atoms with van der Waals surface area (Å²) in [5.41, 5.74) is 0. The number of alkyl halides is 3. The zero-order valence-corrected chi connectivity index (χ0v) is 14.7. The summed E-state index contributed by atoms with van der Waals surface area (Å²) in [5.74, 6) is -1.77. The van der Waals surface area contributed by atoms with E-state index in [4.69, 9.17) is 0 Å². The van der Waals surface area contributed by atoms with Gasteiger partial charge in [-0.05, 0) is 25.7 Å². The molecule has 0 radical (unpaired) electrons. The number of carbonyl (C=O) groups is 1. The Hall–Kier alpha value is -0.530. The van der Waals surface area contributed by atoms with Gasteiger partial charge in [0.1, 0.15) is 0 Å². The van der Waals surface area contributed by atoms with Gasteiger partial charge in [-0.15, -0.1) is 12.4 Å². The van der Waals surface area contributed by atoms with E-state index in [9.17, 15) is 18.0 Å². The van der Waals surface area contributed by atoms with E-state index in [1.807, 2.05) is 4.90 Å². The van der Waals surface area contributed by atoms with Gasteiger partial charge < -0.3 is 10.2 Å². The number of hydrogen-bond donors (Lipinski definition) is 1. The van der Waals surface area contributed by atoms with Crippen LogP contribution in [0.25, 0.3) is 0 Å². The topological polar surface area (TPSA) is 35.6 Å². The first kappa shape index (κ1) is 19.8. The SMILES string of the molecule is Cl.O=C(C1CCCC(C(F)(F)F)C1)N1CCC(N2CCNCC2)C1. The normalized spacial score (nSPS) is 32.5. The molecule has 3 atom stereocenters. The van der Waals surface area contributed by atoms with E-state index in [1.165, 1.54) is 0 Å². The van der Waals surface area contributed by atoms with Crippen molar-refractivity contribution in [3.8, 4) is 0 Å². The Morgan fingerprint density at radius 3 is 2.42 bits per heavy atom. The predicted octanol–water partition coefficient (Wildman–Crippen LogP) is 2.28. The van der Waals surface area contributed by atoms with Crippen molar-refractivity contribution in [3.63, 3.8) is 0 Å². The molecule has 3 aliphatic rings. The second kappa shape index (κ2) is 8.23. The van der Waals surface area contributed by atoms with E-state index in [1.54, 1.807) is 0 Å². The molecule has 0 aromatic carbocycles. The van der Waals surface area contributed by atoms with Crippen LogP contribution >= 0.6 is 12.4 Å². The summed E-state index contributed by atoms with van der Waals surface area (Å²) in [6, 6.07) is 0.378. The average Bonchev–Trinajstić information content (AvgIpc) is 3.04. The number of amides is 1. The van der Waals surface area contributed by atoms with Crippen molar-refractivity contribution >= 4 is 18.3 Å². The van der Waals surface area contributed by atoms with Crippen molar-refractivity contribution in [1.82, 2.24) is 15.1 Å². The number of piperazine rings is 1. The van der Waals surface area contributed by atoms with Crippen molar-refractivity contribution in [3.05, 3.63) is 0 Å². The van der Waals surface area contributed by atoms with Gasteiger partial charge in [0.15, 0.2) is 0 Å². The van der Waals surface area contributed by atoms with Gasteiger partial charge in [-0.2, -0.15) is 13.2 Å². The van der Waals surface area contributed by atoms with Gasteiger partial charge in [0, 0.05) is 51.2 Å². The Morgan fingerprint density at radius 2 is 1.75 bits per heavy atom. The van der Waals surface area contributed by atoms with Gasteiger partial charge in [0.2, 0.25) is 5.91 Å². The largest absolute Gasteiger partial charge is 0.391 e. The lowest BCUT2D eigenvalue weighted by Crippen LogP contribution is -2.49. The number of likely N-dealkylation sites (tertiary alicyclic amines) is 1. The van der Waals surface area contributed by atoms with E-state index in [0.29, 0.717) is 32.0 Å². The monoisotopic (exact) mass is 369 g/mol. The maximum atomic E-state index is 12.9. The van der Waals surface area contributed by atoms with Crippen LogP contribution < -0.4 is 5.32 Å². The molecule has 2 heterocycles. The summed E-state index contributed by atoms with van der Waals surface area (Å²) < 4.78 is 38.8. The van der Waals surface area contributed by atoms with Gasteiger partial charge in [-0.1, -0.05) is 6.42 Å². The van der Waals surface area contributed by atoms with Crippen LogP contribution in [0.3, 0.4) is 0 Å². The fraction of sp³-hybridized carbons (Fsp3) is 0.938. The predicted molar refractivity (Wildman–Crippen MR) is 88.2 cm³/mol. The van der Waals surface area contributed by atoms with Crippen LogP contribution in [0.4, 0.5) is 13.2 Å². The van der Waals surface area contributed by atoms with Crippen LogP contribution in [-0.2, 0) is 4.79 Å². The smallest absolute Gasteiger partial charge is 0.341 e. The van der Waals surface area contributed by atoms with Crippen molar-refractivity contribution < 1.29 is 18.0 Å². The first-order chi connectivity index (χ1) is 10.9. The molecule has 8 heteroatoms. The second-order valence-corrected chi connectivity index (χ2v) is 7.11. The number of halogens is 4. The lowest BCUT2D eigenvalue weighted by atomic mass is 9.80. The van der Waals surface area contributed by atoms with Crippen molar-refractivity contribution in [1.29, 1.82) is 0 Å². The molecule has 3 unspecified atom stereocenters. The molecule has 140 valence electrons. The molecule has 1 saturated carbocycles. The number of nitrogens with one attached hydrogen (secondary N) is 1. The molecular weight excluding hydrogens is 343 g/mol. The van der Waals surface area contributed by atoms with Crippen LogP contribution in [-0.4, -0.2) is 67.2 Å². The molecule has 24 heavy (non-hydrogen) atoms. The van der Waals surface area contributed by atoms with E-state index < -0.39 is 18.0 Å². The molecule has 2 saturated heterocycles. The van der Waals surface area contributed by atoms with E-state index >= 15 is 0 Å². The number of hydrogen-bond acceptors (Lipinski definition) is 3. The molecule has 1 amide bonds. The Kier molecular flexibility index (Phi) is 6.79. The van der Waals surface area contributed by atoms with Crippen LogP contribution in [0.1, 0.15) is 32.1 Å². The van der Waals surface area contributed by atoms with Gasteiger partial charge in [-0.25, -0.2) is 0 Å². The summed E-state index contributed by atoms with van der Waals surface area (Å²) in [6.07, 6.45) is -1.93. The minimum Gasteiger partial charge on any atom is -0.341 e. The number of carbonyl (C=O) groups excluding carboxylic acids is 1. The minimum absolute atomic E-state index is 0. The first-order valence-electron chi connectivity index (χ1n) is 8.75. The molecule has 0 aromatic rings. The summed E-state index contributed by atoms with van der Waals surface area (Å²) in [6.45, 7) is 5.31. The molecule has 2 aliphatic heterocycles. The van der Waals surface area contributed by atoms with Crippen LogP contribution in [0.5, 0.6) is 0 Å². The van der Waals surface area contributed by atoms with Crippen molar-refractivity contribution in [2.75, 3.05) is 39.3 Å². The number of nitrogens with zero attached hydrogens (tertiary/aromatic N) is 2. The standard InChI is InChI=1S/C16H26F3N3O.ClH/c17-16(18,19)13-3-1-2-12(10-13)15(23)22-7-4-14(11-22)21-8-5-20-6-9-21;/h12-14,20H,1-11H2;1H. The highest BCUT2D eigenvalue weighted by atomic mass is 35.5. The highest BCUT2D eigenvalue weighted by Crippen LogP contribution is 2.40. The highest BCUT2D eigenvalue weighted by Gasteiger charge is 2.45. The van der Waals surface area contributed by atoms with Crippen LogP contribution in [0, 0.1) is 11.8 Å². The lowest BCUT2D eigenvalue weighted by molar-refractivity contribution is -0.187. The molecule has 0 spiro atoms. The third kappa shape index (κ3) is 4.55. The number of rotatable bonds is 2. The summed E-state index contributed by atoms with van der Waals surface area (Å²) in [5, 5.41) is 3.31. The van der Waals surface area contributed by atoms with E-state index in [2.05, 4.69) is 10.2 Å². The minimum atomic E-state index is -4.16. The summed E-state index contributed by atoms with van der Waals surface area (Å²) >= 11 is 0. The maximum absolute atomic E-state index is 12.9. The fourth-order valence-electron chi connectivity index (χ4n) is 4.26. The quantitative estimate of drug-likeness (QED) is 0.811. The van der Waals surface area contributed by atoms with Crippen molar-refractivity contribution in [2.24, 2.45) is 11.8 Å². The zero-order chi connectivity index (χ0) is 16.4. The molecule has 1 N–H and O–H groups in total. The van der Waals surface area contributed by atoms with E-state index in [-0.39, 0.29) is 31.2 Å². The van der Waals surface area contributed by atoms with Crippen molar-refractivity contribution in [2.45, 2.75) is 44.3 Å². The summed E-state index contributed by atoms with van der Waals surface area (Å²) in [4.78, 5) is 16.9. The van der Waals surface area contributed by atoms with Gasteiger partial charge in [0.25, 0.3) is 0 Å². The second-order valence-electron chi connectivity index (χ2n) is 7.11. The Labute approximate surface area is 147 Å². The fourth-order valence-corrected chi connectivity index (χ4v) is 4.26. The molecule has 3 fully saturated rings. The Bertz CT molecular complexity index is 429. The third-order valence-electron chi connectivity index (χ3n) is 5.63. The molecule has 0 aromatic heterocycles.